The third-order valence-electron chi connectivity index (χ3n) is 5.13. The highest BCUT2D eigenvalue weighted by molar-refractivity contribution is 6.04. The summed E-state index contributed by atoms with van der Waals surface area (Å²) in [4.78, 5) is 12.6. The van der Waals surface area contributed by atoms with Crippen LogP contribution in [0.1, 0.15) is 30.9 Å². The molecule has 0 unspecified atom stereocenters. The molecule has 2 aromatic carbocycles. The quantitative estimate of drug-likeness (QED) is 0.470. The summed E-state index contributed by atoms with van der Waals surface area (Å²) in [6.45, 7) is 3.57. The summed E-state index contributed by atoms with van der Waals surface area (Å²) >= 11 is 0. The second-order valence-electron chi connectivity index (χ2n) is 7.19. The van der Waals surface area contributed by atoms with Crippen LogP contribution >= 0.6 is 0 Å². The number of unbranched alkanes of at least 4 members (excludes halogenated alkanes) is 1. The molecule has 0 atom stereocenters. The minimum absolute atomic E-state index is 0.0779. The molecular formula is C24H23N3O3. The van der Waals surface area contributed by atoms with Crippen LogP contribution in [0.25, 0.3) is 17.0 Å². The van der Waals surface area contributed by atoms with Gasteiger partial charge in [0.15, 0.2) is 11.5 Å². The predicted octanol–water partition coefficient (Wildman–Crippen LogP) is 4.39. The van der Waals surface area contributed by atoms with Gasteiger partial charge < -0.3 is 19.4 Å². The number of aromatic nitrogens is 1. The maximum atomic E-state index is 12.6. The number of ether oxygens (including phenoxy) is 2. The van der Waals surface area contributed by atoms with Crippen molar-refractivity contribution in [1.82, 2.24) is 9.88 Å². The highest BCUT2D eigenvalue weighted by Gasteiger charge is 2.15. The molecule has 0 bridgehead atoms. The van der Waals surface area contributed by atoms with Gasteiger partial charge in [-0.25, -0.2) is 0 Å². The molecule has 0 spiro atoms. The molecule has 0 aliphatic carbocycles. The minimum Gasteiger partial charge on any atom is -0.454 e. The van der Waals surface area contributed by atoms with Crippen LogP contribution in [0.2, 0.25) is 0 Å². The van der Waals surface area contributed by atoms with Crippen molar-refractivity contribution in [3.8, 4) is 17.6 Å². The lowest BCUT2D eigenvalue weighted by Gasteiger charge is -2.05. The summed E-state index contributed by atoms with van der Waals surface area (Å²) in [5.74, 6) is 0.959. The summed E-state index contributed by atoms with van der Waals surface area (Å²) in [5, 5.41) is 13.4. The van der Waals surface area contributed by atoms with Gasteiger partial charge in [0, 0.05) is 35.8 Å². The number of hydrogen-bond acceptors (Lipinski definition) is 4. The van der Waals surface area contributed by atoms with Crippen LogP contribution in [0.3, 0.4) is 0 Å². The number of nitrogens with zero attached hydrogens (tertiary/aromatic N) is 2. The molecule has 2 heterocycles. The number of nitriles is 1. The maximum Gasteiger partial charge on any atom is 0.262 e. The molecule has 4 rings (SSSR count). The van der Waals surface area contributed by atoms with Gasteiger partial charge in [-0.1, -0.05) is 37.6 Å². The van der Waals surface area contributed by atoms with Gasteiger partial charge in [0.2, 0.25) is 6.79 Å². The maximum absolute atomic E-state index is 12.6. The van der Waals surface area contributed by atoms with Crippen LogP contribution in [0.5, 0.6) is 11.5 Å². The number of amides is 1. The zero-order valence-electron chi connectivity index (χ0n) is 16.9. The fourth-order valence-corrected chi connectivity index (χ4v) is 3.54. The van der Waals surface area contributed by atoms with Gasteiger partial charge in [0.1, 0.15) is 11.6 Å². The van der Waals surface area contributed by atoms with Crippen molar-refractivity contribution in [3.63, 3.8) is 0 Å². The zero-order chi connectivity index (χ0) is 20.9. The molecule has 1 aliphatic heterocycles. The Bertz CT molecular complexity index is 1150. The average Bonchev–Trinajstić information content (AvgIpc) is 3.38. The first-order valence-corrected chi connectivity index (χ1v) is 10.1. The zero-order valence-corrected chi connectivity index (χ0v) is 16.9. The van der Waals surface area contributed by atoms with Crippen molar-refractivity contribution in [2.45, 2.75) is 32.9 Å². The molecule has 0 saturated carbocycles. The molecule has 1 amide bonds. The van der Waals surface area contributed by atoms with E-state index in [1.165, 1.54) is 0 Å². The topological polar surface area (TPSA) is 76.3 Å². The monoisotopic (exact) mass is 401 g/mol. The lowest BCUT2D eigenvalue weighted by molar-refractivity contribution is -0.117. The van der Waals surface area contributed by atoms with E-state index in [1.54, 1.807) is 6.08 Å². The third-order valence-corrected chi connectivity index (χ3v) is 5.13. The average molecular weight is 401 g/mol. The van der Waals surface area contributed by atoms with E-state index in [4.69, 9.17) is 9.47 Å². The Labute approximate surface area is 175 Å². The van der Waals surface area contributed by atoms with Crippen LogP contribution in [-0.2, 0) is 17.9 Å². The molecule has 0 radical (unpaired) electrons. The molecule has 0 fully saturated rings. The molecular weight excluding hydrogens is 378 g/mol. The van der Waals surface area contributed by atoms with Crippen LogP contribution in [0, 0.1) is 11.3 Å². The summed E-state index contributed by atoms with van der Waals surface area (Å²) in [6.07, 6.45) is 5.86. The molecule has 152 valence electrons. The molecule has 1 aromatic heterocycles. The van der Waals surface area contributed by atoms with Gasteiger partial charge in [0.25, 0.3) is 5.91 Å². The van der Waals surface area contributed by atoms with Crippen molar-refractivity contribution in [1.29, 1.82) is 5.26 Å². The number of carbonyl (C=O) groups is 1. The lowest BCUT2D eigenvalue weighted by Crippen LogP contribution is -2.23. The van der Waals surface area contributed by atoms with Crippen molar-refractivity contribution in [2.24, 2.45) is 0 Å². The van der Waals surface area contributed by atoms with Crippen LogP contribution < -0.4 is 14.8 Å². The van der Waals surface area contributed by atoms with E-state index in [9.17, 15) is 10.1 Å². The molecule has 3 aromatic rings. The van der Waals surface area contributed by atoms with E-state index >= 15 is 0 Å². The lowest BCUT2D eigenvalue weighted by atomic mass is 10.1. The first-order chi connectivity index (χ1) is 14.7. The van der Waals surface area contributed by atoms with Gasteiger partial charge in [-0.15, -0.1) is 0 Å². The number of hydrogen-bond donors (Lipinski definition) is 1. The Morgan fingerprint density at radius 3 is 2.90 bits per heavy atom. The molecule has 1 N–H and O–H groups in total. The van der Waals surface area contributed by atoms with Gasteiger partial charge in [0.05, 0.1) is 0 Å². The fraction of sp³-hybridized carbons (Fsp3) is 0.250. The smallest absolute Gasteiger partial charge is 0.262 e. The molecule has 6 heteroatoms. The number of rotatable bonds is 7. The number of carbonyl (C=O) groups excluding carboxylic acids is 1. The Hall–Kier alpha value is -3.72. The Morgan fingerprint density at radius 1 is 1.23 bits per heavy atom. The number of nitrogens with one attached hydrogen (secondary N) is 1. The largest absolute Gasteiger partial charge is 0.454 e. The van der Waals surface area contributed by atoms with Gasteiger partial charge >= 0.3 is 0 Å². The Morgan fingerprint density at radius 2 is 2.07 bits per heavy atom. The van der Waals surface area contributed by atoms with Crippen molar-refractivity contribution in [2.75, 3.05) is 6.79 Å². The van der Waals surface area contributed by atoms with E-state index < -0.39 is 5.91 Å². The van der Waals surface area contributed by atoms with E-state index in [0.717, 1.165) is 41.4 Å². The van der Waals surface area contributed by atoms with Crippen LogP contribution in [-0.4, -0.2) is 17.3 Å². The number of aryl methyl sites for hydroxylation is 1. The predicted molar refractivity (Wildman–Crippen MR) is 115 cm³/mol. The first-order valence-electron chi connectivity index (χ1n) is 10.1. The number of para-hydroxylation sites is 1. The van der Waals surface area contributed by atoms with Crippen molar-refractivity contribution >= 4 is 22.9 Å². The van der Waals surface area contributed by atoms with Crippen LogP contribution in [0.15, 0.2) is 54.2 Å². The van der Waals surface area contributed by atoms with E-state index in [1.807, 2.05) is 48.7 Å². The summed E-state index contributed by atoms with van der Waals surface area (Å²) in [5.41, 5.74) is 2.93. The number of fused-ring (bicyclic) bond motifs is 2. The molecule has 30 heavy (non-hydrogen) atoms. The van der Waals surface area contributed by atoms with Gasteiger partial charge in [-0.2, -0.15) is 5.26 Å². The number of benzene rings is 2. The van der Waals surface area contributed by atoms with E-state index in [2.05, 4.69) is 22.9 Å². The fourth-order valence-electron chi connectivity index (χ4n) is 3.54. The van der Waals surface area contributed by atoms with Gasteiger partial charge in [-0.05, 0) is 36.3 Å². The highest BCUT2D eigenvalue weighted by atomic mass is 16.7. The van der Waals surface area contributed by atoms with E-state index in [-0.39, 0.29) is 12.4 Å². The van der Waals surface area contributed by atoms with Crippen molar-refractivity contribution in [3.05, 3.63) is 65.4 Å². The second-order valence-corrected chi connectivity index (χ2v) is 7.19. The Balaban J connectivity index is 1.53. The molecule has 6 nitrogen and oxygen atoms in total. The summed E-state index contributed by atoms with van der Waals surface area (Å²) < 4.78 is 12.8. The molecule has 1 aliphatic rings. The highest BCUT2D eigenvalue weighted by Crippen LogP contribution is 2.32. The standard InChI is InChI=1S/C24H23N3O3/c1-2-3-10-27-15-19(20-6-4-5-7-21(20)27)12-18(13-25)24(28)26-14-17-8-9-22-23(11-17)30-16-29-22/h4-9,11-12,15H,2-3,10,14,16H2,1H3,(H,26,28). The third kappa shape index (κ3) is 4.01. The van der Waals surface area contributed by atoms with Gasteiger partial charge in [-0.3, -0.25) is 4.79 Å². The van der Waals surface area contributed by atoms with Crippen molar-refractivity contribution < 1.29 is 14.3 Å². The summed E-state index contributed by atoms with van der Waals surface area (Å²) in [7, 11) is 0. The Kier molecular flexibility index (Phi) is 5.71. The molecule has 0 saturated heterocycles. The first kappa shape index (κ1) is 19.6. The van der Waals surface area contributed by atoms with E-state index in [0.29, 0.717) is 18.0 Å². The normalized spacial score (nSPS) is 12.7. The SMILES string of the molecule is CCCCn1cc(C=C(C#N)C(=O)NCc2ccc3c(c2)OCO3)c2ccccc21. The second kappa shape index (κ2) is 8.75. The van der Waals surface area contributed by atoms with Crippen LogP contribution in [0.4, 0.5) is 0 Å². The summed E-state index contributed by atoms with van der Waals surface area (Å²) in [6, 6.07) is 15.6. The minimum atomic E-state index is -0.402.